The Balaban J connectivity index is 2.22. The molecule has 1 aromatic heterocycles. The molecule has 1 heterocycles. The summed E-state index contributed by atoms with van der Waals surface area (Å²) in [5.74, 6) is -1.05. The fourth-order valence-electron chi connectivity index (χ4n) is 1.37. The van der Waals surface area contributed by atoms with E-state index in [1.807, 2.05) is 0 Å². The monoisotopic (exact) mass is 265 g/mol. The highest BCUT2D eigenvalue weighted by molar-refractivity contribution is 6.36. The van der Waals surface area contributed by atoms with Gasteiger partial charge in [0, 0.05) is 0 Å². The summed E-state index contributed by atoms with van der Waals surface area (Å²) in [5, 5.41) is 2.73. The Morgan fingerprint density at radius 1 is 1.33 bits per heavy atom. The van der Waals surface area contributed by atoms with Crippen LogP contribution < -0.4 is 11.1 Å². The fourth-order valence-corrected chi connectivity index (χ4v) is 1.59. The summed E-state index contributed by atoms with van der Waals surface area (Å²) < 4.78 is 12.6. The van der Waals surface area contributed by atoms with Crippen LogP contribution in [0.4, 0.5) is 15.8 Å². The highest BCUT2D eigenvalue weighted by Gasteiger charge is 2.12. The van der Waals surface area contributed by atoms with E-state index >= 15 is 0 Å². The van der Waals surface area contributed by atoms with Crippen molar-refractivity contribution in [2.75, 3.05) is 11.1 Å². The number of nitrogens with one attached hydrogen (secondary N) is 1. The first-order valence-electron chi connectivity index (χ1n) is 5.05. The molecular formula is C12H9ClFN3O. The van der Waals surface area contributed by atoms with Crippen LogP contribution in [0.5, 0.6) is 0 Å². The number of benzene rings is 1. The van der Waals surface area contributed by atoms with Crippen LogP contribution in [0.1, 0.15) is 10.4 Å². The number of pyridine rings is 1. The van der Waals surface area contributed by atoms with Gasteiger partial charge in [-0.25, -0.2) is 4.98 Å². The molecule has 0 saturated carbocycles. The lowest BCUT2D eigenvalue weighted by molar-refractivity contribution is 0.102. The number of hydrogen-bond donors (Lipinski definition) is 2. The Morgan fingerprint density at radius 3 is 2.78 bits per heavy atom. The van der Waals surface area contributed by atoms with Crippen molar-refractivity contribution in [3.63, 3.8) is 0 Å². The van der Waals surface area contributed by atoms with Crippen LogP contribution in [0.3, 0.4) is 0 Å². The number of nitrogen functional groups attached to an aromatic ring is 1. The minimum absolute atomic E-state index is 0.185. The number of rotatable bonds is 2. The number of halogens is 2. The Hall–Kier alpha value is -2.14. The van der Waals surface area contributed by atoms with Crippen LogP contribution in [-0.4, -0.2) is 10.9 Å². The molecule has 6 heteroatoms. The largest absolute Gasteiger partial charge is 0.398 e. The van der Waals surface area contributed by atoms with Crippen LogP contribution in [0.25, 0.3) is 0 Å². The van der Waals surface area contributed by atoms with E-state index in [4.69, 9.17) is 17.3 Å². The molecule has 0 saturated heterocycles. The van der Waals surface area contributed by atoms with Crippen molar-refractivity contribution in [1.82, 2.24) is 4.98 Å². The van der Waals surface area contributed by atoms with Gasteiger partial charge in [-0.1, -0.05) is 17.7 Å². The summed E-state index contributed by atoms with van der Waals surface area (Å²) in [6, 6.07) is 7.32. The SMILES string of the molecule is Nc1cccc(C(=O)Nc2ccc(F)nc2)c1Cl. The van der Waals surface area contributed by atoms with Crippen LogP contribution >= 0.6 is 11.6 Å². The third kappa shape index (κ3) is 2.57. The van der Waals surface area contributed by atoms with Crippen molar-refractivity contribution in [2.24, 2.45) is 0 Å². The molecule has 0 bridgehead atoms. The Kier molecular flexibility index (Phi) is 3.43. The second-order valence-electron chi connectivity index (χ2n) is 3.53. The van der Waals surface area contributed by atoms with E-state index in [1.54, 1.807) is 18.2 Å². The zero-order valence-corrected chi connectivity index (χ0v) is 9.91. The molecule has 0 atom stereocenters. The number of carbonyl (C=O) groups is 1. The normalized spacial score (nSPS) is 10.1. The van der Waals surface area contributed by atoms with Gasteiger partial charge in [-0.2, -0.15) is 4.39 Å². The highest BCUT2D eigenvalue weighted by atomic mass is 35.5. The third-order valence-electron chi connectivity index (χ3n) is 2.26. The first-order valence-corrected chi connectivity index (χ1v) is 5.42. The Bertz CT molecular complexity index is 586. The second kappa shape index (κ2) is 5.01. The summed E-state index contributed by atoms with van der Waals surface area (Å²) in [6.45, 7) is 0. The molecule has 2 rings (SSSR count). The Labute approximate surface area is 108 Å². The zero-order chi connectivity index (χ0) is 13.1. The maximum atomic E-state index is 12.6. The first-order chi connectivity index (χ1) is 8.58. The third-order valence-corrected chi connectivity index (χ3v) is 2.68. The molecule has 1 amide bonds. The molecule has 92 valence electrons. The highest BCUT2D eigenvalue weighted by Crippen LogP contribution is 2.23. The lowest BCUT2D eigenvalue weighted by Gasteiger charge is -2.07. The molecule has 0 aliphatic rings. The van der Waals surface area contributed by atoms with Gasteiger partial charge in [0.25, 0.3) is 5.91 Å². The minimum atomic E-state index is -0.616. The molecule has 0 aliphatic heterocycles. The standard InChI is InChI=1S/C12H9ClFN3O/c13-11-8(2-1-3-9(11)15)12(18)17-7-4-5-10(14)16-6-7/h1-6H,15H2,(H,17,18). The molecular weight excluding hydrogens is 257 g/mol. The van der Waals surface area contributed by atoms with E-state index < -0.39 is 11.9 Å². The predicted octanol–water partition coefficient (Wildman–Crippen LogP) is 2.71. The predicted molar refractivity (Wildman–Crippen MR) is 68.0 cm³/mol. The zero-order valence-electron chi connectivity index (χ0n) is 9.15. The molecule has 1 aromatic carbocycles. The number of amides is 1. The molecule has 4 nitrogen and oxygen atoms in total. The van der Waals surface area contributed by atoms with Gasteiger partial charge in [-0.3, -0.25) is 4.79 Å². The van der Waals surface area contributed by atoms with E-state index in [9.17, 15) is 9.18 Å². The number of nitrogens with zero attached hydrogens (tertiary/aromatic N) is 1. The maximum Gasteiger partial charge on any atom is 0.257 e. The van der Waals surface area contributed by atoms with Crippen molar-refractivity contribution in [2.45, 2.75) is 0 Å². The van der Waals surface area contributed by atoms with Gasteiger partial charge in [-0.05, 0) is 24.3 Å². The number of hydrogen-bond acceptors (Lipinski definition) is 3. The molecule has 2 aromatic rings. The van der Waals surface area contributed by atoms with Gasteiger partial charge < -0.3 is 11.1 Å². The molecule has 0 aliphatic carbocycles. The molecule has 3 N–H and O–H groups in total. The fraction of sp³-hybridized carbons (Fsp3) is 0. The number of carbonyl (C=O) groups excluding carboxylic acids is 1. The van der Waals surface area contributed by atoms with E-state index in [-0.39, 0.29) is 10.6 Å². The van der Waals surface area contributed by atoms with Crippen molar-refractivity contribution < 1.29 is 9.18 Å². The molecule has 0 fully saturated rings. The van der Waals surface area contributed by atoms with Crippen LogP contribution in [-0.2, 0) is 0 Å². The van der Waals surface area contributed by atoms with Gasteiger partial charge in [0.2, 0.25) is 5.95 Å². The summed E-state index contributed by atoms with van der Waals surface area (Å²) >= 11 is 5.92. The van der Waals surface area contributed by atoms with Gasteiger partial charge >= 0.3 is 0 Å². The average Bonchev–Trinajstić information content (AvgIpc) is 2.35. The lowest BCUT2D eigenvalue weighted by atomic mass is 10.2. The van der Waals surface area contributed by atoms with Crippen LogP contribution in [0, 0.1) is 5.95 Å². The summed E-state index contributed by atoms with van der Waals surface area (Å²) in [7, 11) is 0. The van der Waals surface area contributed by atoms with Gasteiger partial charge in [-0.15, -0.1) is 0 Å². The van der Waals surface area contributed by atoms with E-state index in [0.717, 1.165) is 6.07 Å². The van der Waals surface area contributed by atoms with Crippen LogP contribution in [0.2, 0.25) is 5.02 Å². The maximum absolute atomic E-state index is 12.6. The first kappa shape index (κ1) is 12.3. The van der Waals surface area contributed by atoms with Gasteiger partial charge in [0.1, 0.15) is 0 Å². The summed E-state index contributed by atoms with van der Waals surface area (Å²) in [6.07, 6.45) is 1.22. The van der Waals surface area contributed by atoms with E-state index in [2.05, 4.69) is 10.3 Å². The lowest BCUT2D eigenvalue weighted by Crippen LogP contribution is -2.13. The molecule has 0 unspecified atom stereocenters. The molecule has 0 spiro atoms. The topological polar surface area (TPSA) is 68.0 Å². The summed E-state index contributed by atoms with van der Waals surface area (Å²) in [4.78, 5) is 15.3. The smallest absolute Gasteiger partial charge is 0.257 e. The molecule has 18 heavy (non-hydrogen) atoms. The van der Waals surface area contributed by atoms with Crippen LogP contribution in [0.15, 0.2) is 36.5 Å². The number of aromatic nitrogens is 1. The number of nitrogens with two attached hydrogens (primary N) is 1. The summed E-state index contributed by atoms with van der Waals surface area (Å²) in [5.41, 5.74) is 6.54. The average molecular weight is 266 g/mol. The van der Waals surface area contributed by atoms with Crippen molar-refractivity contribution in [3.8, 4) is 0 Å². The minimum Gasteiger partial charge on any atom is -0.398 e. The van der Waals surface area contributed by atoms with E-state index in [0.29, 0.717) is 11.4 Å². The molecule has 0 radical (unpaired) electrons. The van der Waals surface area contributed by atoms with Crippen molar-refractivity contribution in [3.05, 3.63) is 53.1 Å². The van der Waals surface area contributed by atoms with Crippen molar-refractivity contribution >= 4 is 28.9 Å². The van der Waals surface area contributed by atoms with Gasteiger partial charge in [0.15, 0.2) is 0 Å². The quantitative estimate of drug-likeness (QED) is 0.648. The van der Waals surface area contributed by atoms with E-state index in [1.165, 1.54) is 12.3 Å². The van der Waals surface area contributed by atoms with Gasteiger partial charge in [0.05, 0.1) is 28.2 Å². The second-order valence-corrected chi connectivity index (χ2v) is 3.91. The van der Waals surface area contributed by atoms with Crippen molar-refractivity contribution in [1.29, 1.82) is 0 Å². The number of anilines is 2. The Morgan fingerprint density at radius 2 is 2.11 bits per heavy atom.